The van der Waals surface area contributed by atoms with Crippen LogP contribution in [0.4, 0.5) is 0 Å². The molecule has 0 spiro atoms. The maximum absolute atomic E-state index is 11.1. The minimum atomic E-state index is -0.409. The van der Waals surface area contributed by atoms with E-state index in [2.05, 4.69) is 16.4 Å². The van der Waals surface area contributed by atoms with E-state index in [1.807, 2.05) is 6.07 Å². The largest absolute Gasteiger partial charge is 0.366 e. The quantitative estimate of drug-likeness (QED) is 0.763. The Bertz CT molecular complexity index is 607. The van der Waals surface area contributed by atoms with Crippen molar-refractivity contribution in [3.63, 3.8) is 0 Å². The molecule has 0 fully saturated rings. The van der Waals surface area contributed by atoms with E-state index in [4.69, 9.17) is 5.73 Å². The number of carbonyl (C=O) groups is 1. The van der Waals surface area contributed by atoms with Crippen molar-refractivity contribution < 1.29 is 4.79 Å². The molecule has 1 aliphatic heterocycles. The molecule has 3 rings (SSSR count). The van der Waals surface area contributed by atoms with Crippen LogP contribution < -0.4 is 11.1 Å². The van der Waals surface area contributed by atoms with E-state index in [1.54, 1.807) is 12.1 Å². The summed E-state index contributed by atoms with van der Waals surface area (Å²) in [4.78, 5) is 15.7. The van der Waals surface area contributed by atoms with Crippen molar-refractivity contribution in [2.24, 2.45) is 5.73 Å². The lowest BCUT2D eigenvalue weighted by atomic mass is 10.0. The van der Waals surface area contributed by atoms with Crippen molar-refractivity contribution in [3.8, 4) is 0 Å². The first-order valence-corrected chi connectivity index (χ1v) is 5.67. The molecule has 86 valence electrons. The standard InChI is InChI=1S/C13H13N3O/c14-13(17)9-2-1-8-5-10-7-15-4-3-11(10)16-12(8)6-9/h1-2,5-6,15H,3-4,7H2,(H2,14,17). The fraction of sp³-hybridized carbons (Fsp3) is 0.231. The van der Waals surface area contributed by atoms with E-state index >= 15 is 0 Å². The molecule has 1 aromatic carbocycles. The number of pyridine rings is 1. The maximum Gasteiger partial charge on any atom is 0.248 e. The van der Waals surface area contributed by atoms with Gasteiger partial charge in [-0.2, -0.15) is 0 Å². The lowest BCUT2D eigenvalue weighted by Gasteiger charge is -2.16. The molecule has 2 aromatic rings. The molecule has 0 atom stereocenters. The van der Waals surface area contributed by atoms with Gasteiger partial charge in [-0.25, -0.2) is 0 Å². The first-order valence-electron chi connectivity index (χ1n) is 5.67. The van der Waals surface area contributed by atoms with Crippen LogP contribution in [-0.4, -0.2) is 17.4 Å². The van der Waals surface area contributed by atoms with Crippen molar-refractivity contribution in [1.29, 1.82) is 0 Å². The molecule has 1 aliphatic rings. The van der Waals surface area contributed by atoms with Crippen molar-refractivity contribution in [2.45, 2.75) is 13.0 Å². The van der Waals surface area contributed by atoms with E-state index in [0.29, 0.717) is 5.56 Å². The van der Waals surface area contributed by atoms with Gasteiger partial charge in [-0.05, 0) is 23.8 Å². The maximum atomic E-state index is 11.1. The molecular formula is C13H13N3O. The monoisotopic (exact) mass is 227 g/mol. The lowest BCUT2D eigenvalue weighted by Crippen LogP contribution is -2.24. The van der Waals surface area contributed by atoms with E-state index in [-0.39, 0.29) is 0 Å². The highest BCUT2D eigenvalue weighted by molar-refractivity contribution is 5.96. The number of carbonyl (C=O) groups excluding carboxylic acids is 1. The average Bonchev–Trinajstić information content (AvgIpc) is 2.35. The predicted octanol–water partition coefficient (Wildman–Crippen LogP) is 0.979. The number of primary amides is 1. The second kappa shape index (κ2) is 3.82. The second-order valence-electron chi connectivity index (χ2n) is 4.29. The van der Waals surface area contributed by atoms with Crippen molar-refractivity contribution >= 4 is 16.8 Å². The number of nitrogens with two attached hydrogens (primary N) is 1. The van der Waals surface area contributed by atoms with Gasteiger partial charge in [0, 0.05) is 36.2 Å². The number of rotatable bonds is 1. The summed E-state index contributed by atoms with van der Waals surface area (Å²) >= 11 is 0. The molecule has 4 nitrogen and oxygen atoms in total. The molecule has 1 aromatic heterocycles. The number of hydrogen-bond acceptors (Lipinski definition) is 3. The van der Waals surface area contributed by atoms with Crippen LogP contribution in [0.2, 0.25) is 0 Å². The molecule has 0 saturated heterocycles. The zero-order valence-electron chi connectivity index (χ0n) is 9.36. The summed E-state index contributed by atoms with van der Waals surface area (Å²) in [6.07, 6.45) is 0.937. The number of nitrogens with zero attached hydrogens (tertiary/aromatic N) is 1. The Morgan fingerprint density at radius 3 is 3.06 bits per heavy atom. The van der Waals surface area contributed by atoms with Crippen LogP contribution in [0.15, 0.2) is 24.3 Å². The van der Waals surface area contributed by atoms with Crippen LogP contribution in [0.25, 0.3) is 10.9 Å². The third-order valence-corrected chi connectivity index (χ3v) is 3.12. The summed E-state index contributed by atoms with van der Waals surface area (Å²) in [5, 5.41) is 4.37. The van der Waals surface area contributed by atoms with Gasteiger partial charge < -0.3 is 11.1 Å². The topological polar surface area (TPSA) is 68.0 Å². The normalized spacial score (nSPS) is 14.6. The van der Waals surface area contributed by atoms with Crippen molar-refractivity contribution in [3.05, 3.63) is 41.1 Å². The van der Waals surface area contributed by atoms with Crippen molar-refractivity contribution in [1.82, 2.24) is 10.3 Å². The van der Waals surface area contributed by atoms with Crippen LogP contribution in [-0.2, 0) is 13.0 Å². The van der Waals surface area contributed by atoms with Gasteiger partial charge in [0.2, 0.25) is 5.91 Å². The van der Waals surface area contributed by atoms with Gasteiger partial charge in [0.05, 0.1) is 5.52 Å². The molecule has 4 heteroatoms. The Morgan fingerprint density at radius 1 is 1.35 bits per heavy atom. The fourth-order valence-corrected chi connectivity index (χ4v) is 2.20. The van der Waals surface area contributed by atoms with E-state index in [0.717, 1.165) is 36.1 Å². The smallest absolute Gasteiger partial charge is 0.248 e. The Hall–Kier alpha value is -1.94. The van der Waals surface area contributed by atoms with Crippen LogP contribution in [0, 0.1) is 0 Å². The predicted molar refractivity (Wildman–Crippen MR) is 65.7 cm³/mol. The van der Waals surface area contributed by atoms with Crippen LogP contribution in [0.5, 0.6) is 0 Å². The van der Waals surface area contributed by atoms with Gasteiger partial charge in [-0.15, -0.1) is 0 Å². The number of amides is 1. The van der Waals surface area contributed by atoms with E-state index in [1.165, 1.54) is 5.56 Å². The highest BCUT2D eigenvalue weighted by Gasteiger charge is 2.11. The number of hydrogen-bond donors (Lipinski definition) is 2. The van der Waals surface area contributed by atoms with Gasteiger partial charge >= 0.3 is 0 Å². The number of nitrogens with one attached hydrogen (secondary N) is 1. The lowest BCUT2D eigenvalue weighted by molar-refractivity contribution is 0.100. The molecule has 17 heavy (non-hydrogen) atoms. The molecule has 0 radical (unpaired) electrons. The SMILES string of the molecule is NC(=O)c1ccc2cc3c(nc2c1)CCNC3. The van der Waals surface area contributed by atoms with Crippen LogP contribution in [0.3, 0.4) is 0 Å². The number of aromatic nitrogens is 1. The van der Waals surface area contributed by atoms with Crippen molar-refractivity contribution in [2.75, 3.05) is 6.54 Å². The molecule has 0 aliphatic carbocycles. The third-order valence-electron chi connectivity index (χ3n) is 3.12. The molecule has 0 unspecified atom stereocenters. The third kappa shape index (κ3) is 1.76. The first kappa shape index (κ1) is 10.2. The average molecular weight is 227 g/mol. The van der Waals surface area contributed by atoms with Crippen LogP contribution in [0.1, 0.15) is 21.6 Å². The summed E-state index contributed by atoms with van der Waals surface area (Å²) in [7, 11) is 0. The summed E-state index contributed by atoms with van der Waals surface area (Å²) in [6, 6.07) is 7.54. The summed E-state index contributed by atoms with van der Waals surface area (Å²) in [5.74, 6) is -0.409. The number of benzene rings is 1. The van der Waals surface area contributed by atoms with Gasteiger partial charge in [0.15, 0.2) is 0 Å². The Morgan fingerprint density at radius 2 is 2.24 bits per heavy atom. The summed E-state index contributed by atoms with van der Waals surface area (Å²) in [5.41, 5.74) is 9.00. The van der Waals surface area contributed by atoms with E-state index in [9.17, 15) is 4.79 Å². The minimum absolute atomic E-state index is 0.409. The molecule has 0 saturated carbocycles. The second-order valence-corrected chi connectivity index (χ2v) is 4.29. The highest BCUT2D eigenvalue weighted by Crippen LogP contribution is 2.20. The Labute approximate surface area is 98.8 Å². The van der Waals surface area contributed by atoms with Gasteiger partial charge in [-0.1, -0.05) is 6.07 Å². The highest BCUT2D eigenvalue weighted by atomic mass is 16.1. The molecular weight excluding hydrogens is 214 g/mol. The molecule has 2 heterocycles. The number of fused-ring (bicyclic) bond motifs is 2. The van der Waals surface area contributed by atoms with Gasteiger partial charge in [-0.3, -0.25) is 9.78 Å². The van der Waals surface area contributed by atoms with Crippen LogP contribution >= 0.6 is 0 Å². The van der Waals surface area contributed by atoms with Gasteiger partial charge in [0.1, 0.15) is 0 Å². The van der Waals surface area contributed by atoms with E-state index < -0.39 is 5.91 Å². The Balaban J connectivity index is 2.20. The minimum Gasteiger partial charge on any atom is -0.366 e. The molecule has 3 N–H and O–H groups in total. The summed E-state index contributed by atoms with van der Waals surface area (Å²) < 4.78 is 0. The molecule has 1 amide bonds. The zero-order valence-corrected chi connectivity index (χ0v) is 9.36. The first-order chi connectivity index (χ1) is 8.24. The fourth-order valence-electron chi connectivity index (χ4n) is 2.20. The zero-order chi connectivity index (χ0) is 11.8. The van der Waals surface area contributed by atoms with Gasteiger partial charge in [0.25, 0.3) is 0 Å². The summed E-state index contributed by atoms with van der Waals surface area (Å²) in [6.45, 7) is 1.83. The molecule has 0 bridgehead atoms. The Kier molecular flexibility index (Phi) is 2.30.